The highest BCUT2D eigenvalue weighted by atomic mass is 35.5. The minimum absolute atomic E-state index is 0. The van der Waals surface area contributed by atoms with Crippen LogP contribution < -0.4 is 5.73 Å². The Hall–Kier alpha value is -1.64. The zero-order chi connectivity index (χ0) is 14.7. The summed E-state index contributed by atoms with van der Waals surface area (Å²) in [5, 5.41) is 10.6. The van der Waals surface area contributed by atoms with E-state index in [0.717, 1.165) is 0 Å². The molecule has 1 fully saturated rings. The number of amides is 1. The normalized spacial score (nSPS) is 21.7. The Kier molecular flexibility index (Phi) is 6.13. The number of nitrogens with zero attached hydrogens (tertiary/aromatic N) is 2. The molecule has 2 rings (SSSR count). The first-order valence-electron chi connectivity index (χ1n) is 6.35. The molecule has 2 unspecified atom stereocenters. The summed E-state index contributed by atoms with van der Waals surface area (Å²) in [5.41, 5.74) is 5.69. The van der Waals surface area contributed by atoms with Gasteiger partial charge in [0.15, 0.2) is 5.76 Å². The standard InChI is InChI=1S/C12H17N3O5.ClH/c1-19-9-4-5-14(8(6-9)7-13)12(16)10-2-3-11(20-10)15(17)18;/h2-3,8-9H,4-7,13H2,1H3;1H. The van der Waals surface area contributed by atoms with Crippen molar-refractivity contribution in [2.45, 2.75) is 25.0 Å². The monoisotopic (exact) mass is 319 g/mol. The number of methoxy groups -OCH3 is 1. The first-order valence-corrected chi connectivity index (χ1v) is 6.35. The van der Waals surface area contributed by atoms with Crippen molar-refractivity contribution >= 4 is 24.2 Å². The third kappa shape index (κ3) is 3.72. The third-order valence-electron chi connectivity index (χ3n) is 3.52. The van der Waals surface area contributed by atoms with E-state index in [1.807, 2.05) is 0 Å². The van der Waals surface area contributed by atoms with Crippen molar-refractivity contribution in [1.29, 1.82) is 0 Å². The van der Waals surface area contributed by atoms with E-state index in [1.54, 1.807) is 12.0 Å². The van der Waals surface area contributed by atoms with Crippen molar-refractivity contribution in [1.82, 2.24) is 4.90 Å². The second-order valence-corrected chi connectivity index (χ2v) is 4.67. The van der Waals surface area contributed by atoms with Crippen LogP contribution in [-0.2, 0) is 4.74 Å². The number of nitrogens with two attached hydrogens (primary N) is 1. The Labute approximate surface area is 127 Å². The quantitative estimate of drug-likeness (QED) is 0.659. The Morgan fingerprint density at radius 2 is 2.33 bits per heavy atom. The molecule has 1 aliphatic heterocycles. The zero-order valence-electron chi connectivity index (χ0n) is 11.6. The van der Waals surface area contributed by atoms with Crippen molar-refractivity contribution in [2.75, 3.05) is 20.2 Å². The lowest BCUT2D eigenvalue weighted by Crippen LogP contribution is -2.51. The van der Waals surface area contributed by atoms with Crippen LogP contribution in [0.1, 0.15) is 23.4 Å². The number of ether oxygens (including phenoxy) is 1. The highest BCUT2D eigenvalue weighted by molar-refractivity contribution is 5.92. The van der Waals surface area contributed by atoms with Gasteiger partial charge in [-0.1, -0.05) is 0 Å². The number of carbonyl (C=O) groups excluding carboxylic acids is 1. The summed E-state index contributed by atoms with van der Waals surface area (Å²) in [6.07, 6.45) is 1.45. The van der Waals surface area contributed by atoms with Gasteiger partial charge in [0.2, 0.25) is 0 Å². The van der Waals surface area contributed by atoms with Gasteiger partial charge in [-0.05, 0) is 18.9 Å². The SMILES string of the molecule is COC1CCN(C(=O)c2ccc([N+](=O)[O-])o2)C(CN)C1.Cl. The number of hydrogen-bond acceptors (Lipinski definition) is 6. The number of rotatable bonds is 4. The van der Waals surface area contributed by atoms with E-state index in [-0.39, 0.29) is 36.2 Å². The molecule has 0 aromatic carbocycles. The summed E-state index contributed by atoms with van der Waals surface area (Å²) in [4.78, 5) is 23.8. The molecule has 1 aliphatic rings. The number of nitro groups is 1. The van der Waals surface area contributed by atoms with Gasteiger partial charge in [-0.2, -0.15) is 0 Å². The summed E-state index contributed by atoms with van der Waals surface area (Å²) in [7, 11) is 1.63. The van der Waals surface area contributed by atoms with E-state index < -0.39 is 10.8 Å². The van der Waals surface area contributed by atoms with Crippen LogP contribution in [0, 0.1) is 10.1 Å². The van der Waals surface area contributed by atoms with Crippen molar-refractivity contribution in [3.8, 4) is 0 Å². The van der Waals surface area contributed by atoms with E-state index in [2.05, 4.69) is 0 Å². The molecule has 0 saturated carbocycles. The van der Waals surface area contributed by atoms with Gasteiger partial charge in [-0.3, -0.25) is 14.9 Å². The molecule has 2 N–H and O–H groups in total. The van der Waals surface area contributed by atoms with Crippen LogP contribution in [0.5, 0.6) is 0 Å². The maximum Gasteiger partial charge on any atom is 0.433 e. The average molecular weight is 320 g/mol. The van der Waals surface area contributed by atoms with Crippen LogP contribution in [0.2, 0.25) is 0 Å². The van der Waals surface area contributed by atoms with Crippen molar-refractivity contribution in [2.24, 2.45) is 5.73 Å². The van der Waals surface area contributed by atoms with Gasteiger partial charge in [0, 0.05) is 26.2 Å². The number of carbonyl (C=O) groups is 1. The van der Waals surface area contributed by atoms with E-state index in [0.29, 0.717) is 25.9 Å². The third-order valence-corrected chi connectivity index (χ3v) is 3.52. The number of likely N-dealkylation sites (tertiary alicyclic amines) is 1. The van der Waals surface area contributed by atoms with E-state index in [1.165, 1.54) is 12.1 Å². The molecule has 0 spiro atoms. The fourth-order valence-corrected chi connectivity index (χ4v) is 2.40. The van der Waals surface area contributed by atoms with Crippen LogP contribution in [0.4, 0.5) is 5.88 Å². The van der Waals surface area contributed by atoms with Crippen molar-refractivity contribution < 1.29 is 18.9 Å². The predicted molar refractivity (Wildman–Crippen MR) is 76.5 cm³/mol. The Bertz CT molecular complexity index is 507. The molecule has 0 radical (unpaired) electrons. The second-order valence-electron chi connectivity index (χ2n) is 4.67. The minimum Gasteiger partial charge on any atom is -0.395 e. The molecule has 1 saturated heterocycles. The van der Waals surface area contributed by atoms with Crippen LogP contribution in [0.3, 0.4) is 0 Å². The van der Waals surface area contributed by atoms with Crippen molar-refractivity contribution in [3.63, 3.8) is 0 Å². The molecule has 118 valence electrons. The molecular formula is C12H18ClN3O5. The molecule has 1 amide bonds. The molecule has 0 bridgehead atoms. The van der Waals surface area contributed by atoms with Gasteiger partial charge in [0.1, 0.15) is 4.92 Å². The first kappa shape index (κ1) is 17.4. The van der Waals surface area contributed by atoms with Crippen LogP contribution in [0.15, 0.2) is 16.5 Å². The predicted octanol–water partition coefficient (Wildman–Crippen LogP) is 1.19. The van der Waals surface area contributed by atoms with Gasteiger partial charge in [-0.25, -0.2) is 0 Å². The van der Waals surface area contributed by atoms with Gasteiger partial charge in [-0.15, -0.1) is 12.4 Å². The lowest BCUT2D eigenvalue weighted by Gasteiger charge is -2.37. The number of furan rings is 1. The van der Waals surface area contributed by atoms with Crippen molar-refractivity contribution in [3.05, 3.63) is 28.0 Å². The molecule has 1 aromatic rings. The van der Waals surface area contributed by atoms with Crippen LogP contribution >= 0.6 is 12.4 Å². The van der Waals surface area contributed by atoms with E-state index in [9.17, 15) is 14.9 Å². The smallest absolute Gasteiger partial charge is 0.395 e. The van der Waals surface area contributed by atoms with Crippen LogP contribution in [0.25, 0.3) is 0 Å². The molecule has 8 nitrogen and oxygen atoms in total. The Morgan fingerprint density at radius 3 is 2.86 bits per heavy atom. The second kappa shape index (κ2) is 7.39. The van der Waals surface area contributed by atoms with E-state index in [4.69, 9.17) is 14.9 Å². The average Bonchev–Trinajstić information content (AvgIpc) is 2.95. The molecule has 1 aromatic heterocycles. The van der Waals surface area contributed by atoms with Gasteiger partial charge >= 0.3 is 5.88 Å². The molecule has 21 heavy (non-hydrogen) atoms. The first-order chi connectivity index (χ1) is 9.56. The van der Waals surface area contributed by atoms with Gasteiger partial charge < -0.3 is 19.8 Å². The van der Waals surface area contributed by atoms with Gasteiger partial charge in [0.05, 0.1) is 12.2 Å². The zero-order valence-corrected chi connectivity index (χ0v) is 12.4. The summed E-state index contributed by atoms with van der Waals surface area (Å²) in [5.74, 6) is -0.849. The molecule has 9 heteroatoms. The molecule has 2 heterocycles. The molecule has 0 aliphatic carbocycles. The Morgan fingerprint density at radius 1 is 1.62 bits per heavy atom. The number of halogens is 1. The van der Waals surface area contributed by atoms with E-state index >= 15 is 0 Å². The molecular weight excluding hydrogens is 302 g/mol. The Balaban J connectivity index is 0.00000220. The summed E-state index contributed by atoms with van der Waals surface area (Å²) in [6, 6.07) is 2.34. The summed E-state index contributed by atoms with van der Waals surface area (Å²) < 4.78 is 10.2. The molecule has 2 atom stereocenters. The summed E-state index contributed by atoms with van der Waals surface area (Å²) >= 11 is 0. The maximum atomic E-state index is 12.3. The summed E-state index contributed by atoms with van der Waals surface area (Å²) in [6.45, 7) is 0.808. The minimum atomic E-state index is -0.672. The largest absolute Gasteiger partial charge is 0.433 e. The number of hydrogen-bond donors (Lipinski definition) is 1. The topological polar surface area (TPSA) is 112 Å². The number of piperidine rings is 1. The van der Waals surface area contributed by atoms with Gasteiger partial charge in [0.25, 0.3) is 5.91 Å². The highest BCUT2D eigenvalue weighted by Gasteiger charge is 2.33. The highest BCUT2D eigenvalue weighted by Crippen LogP contribution is 2.23. The van der Waals surface area contributed by atoms with Crippen LogP contribution in [-0.4, -0.2) is 48.1 Å². The fourth-order valence-electron chi connectivity index (χ4n) is 2.40. The lowest BCUT2D eigenvalue weighted by molar-refractivity contribution is -0.402. The lowest BCUT2D eigenvalue weighted by atomic mass is 9.99. The fraction of sp³-hybridized carbons (Fsp3) is 0.583. The maximum absolute atomic E-state index is 12.3.